The van der Waals surface area contributed by atoms with Gasteiger partial charge in [-0.1, -0.05) is 20.8 Å². The maximum absolute atomic E-state index is 5.89. The van der Waals surface area contributed by atoms with Crippen LogP contribution in [-0.4, -0.2) is 19.0 Å². The molecule has 0 amide bonds. The van der Waals surface area contributed by atoms with Crippen molar-refractivity contribution in [1.29, 1.82) is 0 Å². The molecule has 2 fully saturated rings. The SMILES string of the molecule is CC1CCC2(C1)OCC(C)(C)CO2. The topological polar surface area (TPSA) is 18.5 Å². The molecule has 0 N–H and O–H groups in total. The monoisotopic (exact) mass is 184 g/mol. The predicted octanol–water partition coefficient (Wildman–Crippen LogP) is 2.58. The van der Waals surface area contributed by atoms with E-state index < -0.39 is 0 Å². The van der Waals surface area contributed by atoms with E-state index in [4.69, 9.17) is 9.47 Å². The molecule has 0 bridgehead atoms. The second kappa shape index (κ2) is 2.96. The summed E-state index contributed by atoms with van der Waals surface area (Å²) in [5.41, 5.74) is 0.205. The van der Waals surface area contributed by atoms with Gasteiger partial charge in [0, 0.05) is 18.3 Å². The molecule has 1 unspecified atom stereocenters. The first-order valence-corrected chi connectivity index (χ1v) is 5.29. The second-order valence-electron chi connectivity index (χ2n) is 5.50. The Labute approximate surface area is 80.6 Å². The van der Waals surface area contributed by atoms with Crippen LogP contribution in [0, 0.1) is 11.3 Å². The second-order valence-corrected chi connectivity index (χ2v) is 5.50. The highest BCUT2D eigenvalue weighted by Gasteiger charge is 2.44. The van der Waals surface area contributed by atoms with E-state index in [1.807, 2.05) is 0 Å². The van der Waals surface area contributed by atoms with Gasteiger partial charge in [0.25, 0.3) is 0 Å². The van der Waals surface area contributed by atoms with Gasteiger partial charge in [-0.3, -0.25) is 0 Å². The molecule has 0 radical (unpaired) electrons. The molecule has 1 aliphatic heterocycles. The summed E-state index contributed by atoms with van der Waals surface area (Å²) in [7, 11) is 0. The van der Waals surface area contributed by atoms with Crippen molar-refractivity contribution in [2.24, 2.45) is 11.3 Å². The van der Waals surface area contributed by atoms with Crippen LogP contribution < -0.4 is 0 Å². The fourth-order valence-corrected chi connectivity index (χ4v) is 2.20. The van der Waals surface area contributed by atoms with Crippen LogP contribution in [0.25, 0.3) is 0 Å². The van der Waals surface area contributed by atoms with Gasteiger partial charge in [0.15, 0.2) is 5.79 Å². The van der Waals surface area contributed by atoms with Crippen LogP contribution in [0.3, 0.4) is 0 Å². The summed E-state index contributed by atoms with van der Waals surface area (Å²) in [5.74, 6) is 0.566. The summed E-state index contributed by atoms with van der Waals surface area (Å²) >= 11 is 0. The zero-order valence-electron chi connectivity index (χ0n) is 8.93. The van der Waals surface area contributed by atoms with Gasteiger partial charge in [0.2, 0.25) is 0 Å². The van der Waals surface area contributed by atoms with Crippen molar-refractivity contribution in [1.82, 2.24) is 0 Å². The van der Waals surface area contributed by atoms with E-state index >= 15 is 0 Å². The van der Waals surface area contributed by atoms with Gasteiger partial charge < -0.3 is 9.47 Å². The number of rotatable bonds is 0. The summed E-state index contributed by atoms with van der Waals surface area (Å²) in [6.45, 7) is 8.36. The summed E-state index contributed by atoms with van der Waals surface area (Å²) in [4.78, 5) is 0. The van der Waals surface area contributed by atoms with Crippen LogP contribution in [0.5, 0.6) is 0 Å². The van der Waals surface area contributed by atoms with Gasteiger partial charge in [-0.25, -0.2) is 0 Å². The van der Waals surface area contributed by atoms with E-state index in [0.717, 1.165) is 32.0 Å². The van der Waals surface area contributed by atoms with Gasteiger partial charge in [-0.15, -0.1) is 0 Å². The Balaban J connectivity index is 1.97. The van der Waals surface area contributed by atoms with E-state index in [9.17, 15) is 0 Å². The molecule has 13 heavy (non-hydrogen) atoms. The van der Waals surface area contributed by atoms with Crippen molar-refractivity contribution >= 4 is 0 Å². The highest BCUT2D eigenvalue weighted by Crippen LogP contribution is 2.42. The van der Waals surface area contributed by atoms with E-state index in [2.05, 4.69) is 20.8 Å². The van der Waals surface area contributed by atoms with Gasteiger partial charge in [0.1, 0.15) is 0 Å². The summed E-state index contributed by atoms with van der Waals surface area (Å²) in [5, 5.41) is 0. The Bertz CT molecular complexity index is 188. The van der Waals surface area contributed by atoms with Crippen LogP contribution in [-0.2, 0) is 9.47 Å². The smallest absolute Gasteiger partial charge is 0.168 e. The molecule has 1 saturated heterocycles. The average Bonchev–Trinajstić information content (AvgIpc) is 2.41. The Hall–Kier alpha value is -0.0800. The quantitative estimate of drug-likeness (QED) is 0.576. The number of hydrogen-bond acceptors (Lipinski definition) is 2. The largest absolute Gasteiger partial charge is 0.349 e. The van der Waals surface area contributed by atoms with Gasteiger partial charge >= 0.3 is 0 Å². The molecular weight excluding hydrogens is 164 g/mol. The molecule has 2 aliphatic rings. The standard InChI is InChI=1S/C11H20O2/c1-9-4-5-11(6-9)12-7-10(2,3)8-13-11/h9H,4-8H2,1-3H3. The molecule has 76 valence electrons. The lowest BCUT2D eigenvalue weighted by atomic mass is 9.94. The highest BCUT2D eigenvalue weighted by molar-refractivity contribution is 4.86. The summed E-state index contributed by atoms with van der Waals surface area (Å²) in [6, 6.07) is 0. The Kier molecular flexibility index (Phi) is 2.16. The van der Waals surface area contributed by atoms with Gasteiger partial charge in [-0.2, -0.15) is 0 Å². The molecule has 2 heteroatoms. The molecule has 2 nitrogen and oxygen atoms in total. The third-order valence-electron chi connectivity index (χ3n) is 3.13. The zero-order valence-corrected chi connectivity index (χ0v) is 8.93. The molecular formula is C11H20O2. The molecule has 1 saturated carbocycles. The minimum absolute atomic E-state index is 0.199. The zero-order chi connectivity index (χ0) is 9.53. The molecule has 2 rings (SSSR count). The molecule has 0 aromatic carbocycles. The molecule has 0 aromatic rings. The molecule has 0 aromatic heterocycles. The van der Waals surface area contributed by atoms with Crippen molar-refractivity contribution in [2.75, 3.05) is 13.2 Å². The number of ether oxygens (including phenoxy) is 2. The molecule has 1 atom stereocenters. The average molecular weight is 184 g/mol. The van der Waals surface area contributed by atoms with E-state index in [1.165, 1.54) is 6.42 Å². The summed E-state index contributed by atoms with van der Waals surface area (Å²) in [6.07, 6.45) is 3.42. The minimum Gasteiger partial charge on any atom is -0.349 e. The Morgan fingerprint density at radius 2 is 1.77 bits per heavy atom. The highest BCUT2D eigenvalue weighted by atomic mass is 16.7. The molecule has 1 aliphatic carbocycles. The van der Waals surface area contributed by atoms with E-state index in [1.54, 1.807) is 0 Å². The van der Waals surface area contributed by atoms with Crippen molar-refractivity contribution in [3.63, 3.8) is 0 Å². The maximum Gasteiger partial charge on any atom is 0.168 e. The molecule has 1 spiro atoms. The lowest BCUT2D eigenvalue weighted by molar-refractivity contribution is -0.295. The van der Waals surface area contributed by atoms with Crippen LogP contribution >= 0.6 is 0 Å². The van der Waals surface area contributed by atoms with Crippen molar-refractivity contribution < 1.29 is 9.47 Å². The van der Waals surface area contributed by atoms with Crippen LogP contribution in [0.1, 0.15) is 40.0 Å². The number of hydrogen-bond donors (Lipinski definition) is 0. The normalized spacial score (nSPS) is 36.7. The predicted molar refractivity (Wildman–Crippen MR) is 51.4 cm³/mol. The van der Waals surface area contributed by atoms with E-state index in [-0.39, 0.29) is 11.2 Å². The fraction of sp³-hybridized carbons (Fsp3) is 1.00. The van der Waals surface area contributed by atoms with Crippen molar-refractivity contribution in [3.05, 3.63) is 0 Å². The van der Waals surface area contributed by atoms with Gasteiger partial charge in [-0.05, 0) is 12.3 Å². The maximum atomic E-state index is 5.89. The first-order chi connectivity index (χ1) is 6.02. The lowest BCUT2D eigenvalue weighted by Gasteiger charge is -2.41. The fourth-order valence-electron chi connectivity index (χ4n) is 2.20. The first-order valence-electron chi connectivity index (χ1n) is 5.29. The first kappa shape index (κ1) is 9.47. The van der Waals surface area contributed by atoms with Crippen molar-refractivity contribution in [2.45, 2.75) is 45.8 Å². The molecule has 1 heterocycles. The third kappa shape index (κ3) is 1.89. The van der Waals surface area contributed by atoms with Crippen molar-refractivity contribution in [3.8, 4) is 0 Å². The Morgan fingerprint density at radius 3 is 2.23 bits per heavy atom. The van der Waals surface area contributed by atoms with Crippen LogP contribution in [0.15, 0.2) is 0 Å². The summed E-state index contributed by atoms with van der Waals surface area (Å²) < 4.78 is 11.8. The minimum atomic E-state index is -0.199. The third-order valence-corrected chi connectivity index (χ3v) is 3.13. The van der Waals surface area contributed by atoms with Crippen LogP contribution in [0.4, 0.5) is 0 Å². The lowest BCUT2D eigenvalue weighted by Crippen LogP contribution is -2.45. The van der Waals surface area contributed by atoms with Crippen LogP contribution in [0.2, 0.25) is 0 Å². The van der Waals surface area contributed by atoms with Gasteiger partial charge in [0.05, 0.1) is 13.2 Å². The Morgan fingerprint density at radius 1 is 1.15 bits per heavy atom. The van der Waals surface area contributed by atoms with E-state index in [0.29, 0.717) is 0 Å².